The summed E-state index contributed by atoms with van der Waals surface area (Å²) in [6.07, 6.45) is 13.1. The molecule has 3 aliphatic rings. The number of hydrogen-bond acceptors (Lipinski definition) is 2. The molecule has 2 heteroatoms. The van der Waals surface area contributed by atoms with E-state index in [4.69, 9.17) is 0 Å². The average molecular weight is 293 g/mol. The van der Waals surface area contributed by atoms with E-state index < -0.39 is 0 Å². The van der Waals surface area contributed by atoms with Crippen LogP contribution in [0.5, 0.6) is 0 Å². The maximum atomic E-state index is 3.56. The molecular formula is C19H36N2. The van der Waals surface area contributed by atoms with E-state index in [0.717, 1.165) is 29.8 Å². The fraction of sp³-hybridized carbons (Fsp3) is 1.00. The van der Waals surface area contributed by atoms with Gasteiger partial charge in [-0.1, -0.05) is 26.7 Å². The summed E-state index contributed by atoms with van der Waals surface area (Å²) in [7, 11) is 0. The fourth-order valence-electron chi connectivity index (χ4n) is 5.52. The third kappa shape index (κ3) is 4.01. The van der Waals surface area contributed by atoms with Gasteiger partial charge in [0.2, 0.25) is 0 Å². The zero-order valence-corrected chi connectivity index (χ0v) is 14.3. The molecule has 0 radical (unpaired) electrons. The number of nitrogens with zero attached hydrogens (tertiary/aromatic N) is 1. The first kappa shape index (κ1) is 15.8. The molecule has 3 unspecified atom stereocenters. The Hall–Kier alpha value is -0.0800. The van der Waals surface area contributed by atoms with Gasteiger partial charge in [-0.15, -0.1) is 0 Å². The van der Waals surface area contributed by atoms with Crippen LogP contribution in [0.1, 0.15) is 71.6 Å². The smallest absolute Gasteiger partial charge is 0.0127 e. The minimum Gasteiger partial charge on any atom is -0.317 e. The van der Waals surface area contributed by atoms with Gasteiger partial charge < -0.3 is 5.32 Å². The normalized spacial score (nSPS) is 40.9. The van der Waals surface area contributed by atoms with Crippen molar-refractivity contribution in [3.05, 3.63) is 0 Å². The summed E-state index contributed by atoms with van der Waals surface area (Å²) >= 11 is 0. The van der Waals surface area contributed by atoms with Gasteiger partial charge in [0.25, 0.3) is 0 Å². The largest absolute Gasteiger partial charge is 0.317 e. The van der Waals surface area contributed by atoms with Crippen molar-refractivity contribution in [1.29, 1.82) is 0 Å². The van der Waals surface area contributed by atoms with Crippen LogP contribution in [0.15, 0.2) is 0 Å². The molecule has 1 N–H and O–H groups in total. The van der Waals surface area contributed by atoms with Crippen LogP contribution in [-0.2, 0) is 0 Å². The van der Waals surface area contributed by atoms with Crippen molar-refractivity contribution in [2.45, 2.75) is 83.7 Å². The highest BCUT2D eigenvalue weighted by molar-refractivity contribution is 4.91. The molecule has 2 heterocycles. The van der Waals surface area contributed by atoms with Crippen LogP contribution in [0, 0.1) is 17.8 Å². The summed E-state index contributed by atoms with van der Waals surface area (Å²) in [5.41, 5.74) is 0. The summed E-state index contributed by atoms with van der Waals surface area (Å²) in [6.45, 7) is 8.87. The molecule has 0 bridgehead atoms. The van der Waals surface area contributed by atoms with Crippen molar-refractivity contribution in [3.8, 4) is 0 Å². The van der Waals surface area contributed by atoms with E-state index >= 15 is 0 Å². The minimum atomic E-state index is 0.890. The van der Waals surface area contributed by atoms with E-state index in [9.17, 15) is 0 Å². The van der Waals surface area contributed by atoms with Crippen molar-refractivity contribution in [2.24, 2.45) is 17.8 Å². The van der Waals surface area contributed by atoms with E-state index in [0.29, 0.717) is 0 Å². The Morgan fingerprint density at radius 2 is 1.52 bits per heavy atom. The first-order valence-corrected chi connectivity index (χ1v) is 9.70. The summed E-state index contributed by atoms with van der Waals surface area (Å²) < 4.78 is 0. The van der Waals surface area contributed by atoms with E-state index in [1.165, 1.54) is 77.4 Å². The van der Waals surface area contributed by atoms with E-state index in [1.807, 2.05) is 0 Å². The SMILES string of the molecule is CC1CC(C)CC(N2CCCCCC2C2CCNCC2)C1. The van der Waals surface area contributed by atoms with Gasteiger partial charge in [0.1, 0.15) is 0 Å². The topological polar surface area (TPSA) is 15.3 Å². The van der Waals surface area contributed by atoms with E-state index in [2.05, 4.69) is 24.1 Å². The Balaban J connectivity index is 1.71. The van der Waals surface area contributed by atoms with Crippen LogP contribution in [-0.4, -0.2) is 36.6 Å². The Bertz CT molecular complexity index is 301. The van der Waals surface area contributed by atoms with Crippen molar-refractivity contribution in [1.82, 2.24) is 10.2 Å². The molecule has 0 spiro atoms. The molecule has 3 fully saturated rings. The quantitative estimate of drug-likeness (QED) is 0.826. The Morgan fingerprint density at radius 3 is 2.24 bits per heavy atom. The van der Waals surface area contributed by atoms with Crippen LogP contribution in [0.25, 0.3) is 0 Å². The van der Waals surface area contributed by atoms with Crippen LogP contribution in [0.3, 0.4) is 0 Å². The summed E-state index contributed by atoms with van der Waals surface area (Å²) in [6, 6.07) is 1.79. The van der Waals surface area contributed by atoms with Crippen molar-refractivity contribution in [2.75, 3.05) is 19.6 Å². The fourth-order valence-corrected chi connectivity index (χ4v) is 5.52. The molecule has 1 aliphatic carbocycles. The van der Waals surface area contributed by atoms with Crippen molar-refractivity contribution in [3.63, 3.8) is 0 Å². The van der Waals surface area contributed by atoms with Crippen LogP contribution < -0.4 is 5.32 Å². The first-order chi connectivity index (χ1) is 10.2. The summed E-state index contributed by atoms with van der Waals surface area (Å²) in [5, 5.41) is 3.56. The van der Waals surface area contributed by atoms with Gasteiger partial charge in [-0.3, -0.25) is 4.90 Å². The van der Waals surface area contributed by atoms with Gasteiger partial charge in [0.15, 0.2) is 0 Å². The second-order valence-corrected chi connectivity index (χ2v) is 8.31. The minimum absolute atomic E-state index is 0.890. The molecule has 0 aromatic rings. The molecule has 2 saturated heterocycles. The molecule has 21 heavy (non-hydrogen) atoms. The number of likely N-dealkylation sites (tertiary alicyclic amines) is 1. The van der Waals surface area contributed by atoms with Crippen molar-refractivity contribution >= 4 is 0 Å². The lowest BCUT2D eigenvalue weighted by Gasteiger charge is -2.46. The number of piperidine rings is 1. The first-order valence-electron chi connectivity index (χ1n) is 9.70. The molecule has 1 saturated carbocycles. The van der Waals surface area contributed by atoms with E-state index in [1.54, 1.807) is 0 Å². The molecule has 0 amide bonds. The van der Waals surface area contributed by atoms with Gasteiger partial charge in [-0.25, -0.2) is 0 Å². The Morgan fingerprint density at radius 1 is 0.810 bits per heavy atom. The zero-order chi connectivity index (χ0) is 14.7. The van der Waals surface area contributed by atoms with Gasteiger partial charge in [-0.05, 0) is 82.3 Å². The average Bonchev–Trinajstić information content (AvgIpc) is 2.73. The van der Waals surface area contributed by atoms with Gasteiger partial charge in [-0.2, -0.15) is 0 Å². The Labute approximate surface area is 132 Å². The third-order valence-corrected chi connectivity index (χ3v) is 6.39. The predicted octanol–water partition coefficient (Wildman–Crippen LogP) is 4.06. The monoisotopic (exact) mass is 292 g/mol. The second-order valence-electron chi connectivity index (χ2n) is 8.31. The van der Waals surface area contributed by atoms with Crippen LogP contribution >= 0.6 is 0 Å². The molecular weight excluding hydrogens is 256 g/mol. The third-order valence-electron chi connectivity index (χ3n) is 6.39. The van der Waals surface area contributed by atoms with Crippen LogP contribution in [0.2, 0.25) is 0 Å². The summed E-state index contributed by atoms with van der Waals surface area (Å²) in [5.74, 6) is 2.85. The highest BCUT2D eigenvalue weighted by Crippen LogP contribution is 2.37. The molecule has 0 aromatic heterocycles. The summed E-state index contributed by atoms with van der Waals surface area (Å²) in [4.78, 5) is 3.01. The van der Waals surface area contributed by atoms with E-state index in [-0.39, 0.29) is 0 Å². The standard InChI is InChI=1S/C19H36N2/c1-15-12-16(2)14-18(13-15)21-11-5-3-4-6-19(21)17-7-9-20-10-8-17/h15-20H,3-14H2,1-2H3. The Kier molecular flexibility index (Phi) is 5.61. The zero-order valence-electron chi connectivity index (χ0n) is 14.3. The molecule has 2 nitrogen and oxygen atoms in total. The number of rotatable bonds is 2. The highest BCUT2D eigenvalue weighted by Gasteiger charge is 2.36. The lowest BCUT2D eigenvalue weighted by atomic mass is 9.78. The molecule has 3 rings (SSSR count). The maximum Gasteiger partial charge on any atom is 0.0127 e. The molecule has 122 valence electrons. The molecule has 2 aliphatic heterocycles. The van der Waals surface area contributed by atoms with Crippen LogP contribution in [0.4, 0.5) is 0 Å². The predicted molar refractivity (Wildman–Crippen MR) is 90.5 cm³/mol. The lowest BCUT2D eigenvalue weighted by Crippen LogP contribution is -2.50. The van der Waals surface area contributed by atoms with Crippen molar-refractivity contribution < 1.29 is 0 Å². The van der Waals surface area contributed by atoms with Gasteiger partial charge in [0, 0.05) is 12.1 Å². The molecule has 3 atom stereocenters. The number of nitrogens with one attached hydrogen (secondary N) is 1. The second kappa shape index (κ2) is 7.46. The van der Waals surface area contributed by atoms with Gasteiger partial charge in [0.05, 0.1) is 0 Å². The lowest BCUT2D eigenvalue weighted by molar-refractivity contribution is 0.0383. The number of hydrogen-bond donors (Lipinski definition) is 1. The van der Waals surface area contributed by atoms with Gasteiger partial charge >= 0.3 is 0 Å². The molecule has 0 aromatic carbocycles. The maximum absolute atomic E-state index is 3.56. The highest BCUT2D eigenvalue weighted by atomic mass is 15.2.